The topological polar surface area (TPSA) is 15.3 Å². The zero-order valence-corrected chi connectivity index (χ0v) is 11.1. The maximum absolute atomic E-state index is 13.5. The minimum absolute atomic E-state index is 0.120. The van der Waals surface area contributed by atoms with Gasteiger partial charge in [-0.15, -0.1) is 0 Å². The fraction of sp³-hybridized carbons (Fsp3) is 0.600. The van der Waals surface area contributed by atoms with Crippen molar-refractivity contribution in [3.05, 3.63) is 29.6 Å². The lowest BCUT2D eigenvalue weighted by Crippen LogP contribution is -2.31. The van der Waals surface area contributed by atoms with E-state index in [-0.39, 0.29) is 5.82 Å². The van der Waals surface area contributed by atoms with Crippen LogP contribution in [-0.4, -0.2) is 29.6 Å². The summed E-state index contributed by atoms with van der Waals surface area (Å²) in [7, 11) is 0. The molecule has 1 N–H and O–H groups in total. The first-order valence-corrected chi connectivity index (χ1v) is 6.92. The molecule has 1 heterocycles. The van der Waals surface area contributed by atoms with Crippen molar-refractivity contribution < 1.29 is 4.39 Å². The third-order valence-electron chi connectivity index (χ3n) is 4.27. The van der Waals surface area contributed by atoms with Gasteiger partial charge in [0.2, 0.25) is 0 Å². The molecular formula is C15H21FN2. The summed E-state index contributed by atoms with van der Waals surface area (Å²) in [5.74, 6) is -0.120. The lowest BCUT2D eigenvalue weighted by Gasteiger charge is -2.20. The molecule has 0 aromatic heterocycles. The third-order valence-corrected chi connectivity index (χ3v) is 4.27. The number of halogens is 1. The average molecular weight is 248 g/mol. The number of hydrogen-bond donors (Lipinski definition) is 1. The maximum atomic E-state index is 13.5. The molecule has 1 aromatic carbocycles. The van der Waals surface area contributed by atoms with Crippen LogP contribution in [0.5, 0.6) is 0 Å². The van der Waals surface area contributed by atoms with Crippen LogP contribution in [0.25, 0.3) is 0 Å². The molecular weight excluding hydrogens is 227 g/mol. The minimum Gasteiger partial charge on any atom is -0.381 e. The molecule has 0 radical (unpaired) electrons. The van der Waals surface area contributed by atoms with E-state index in [2.05, 4.69) is 17.1 Å². The van der Waals surface area contributed by atoms with Gasteiger partial charge in [-0.05, 0) is 45.2 Å². The minimum atomic E-state index is -0.120. The quantitative estimate of drug-likeness (QED) is 0.884. The van der Waals surface area contributed by atoms with Crippen molar-refractivity contribution in [3.63, 3.8) is 0 Å². The van der Waals surface area contributed by atoms with Gasteiger partial charge < -0.3 is 5.32 Å². The molecule has 0 spiro atoms. The maximum Gasteiger partial charge on any atom is 0.128 e. The van der Waals surface area contributed by atoms with Crippen LogP contribution in [0, 0.1) is 12.7 Å². The van der Waals surface area contributed by atoms with Gasteiger partial charge in [-0.3, -0.25) is 4.90 Å². The molecule has 2 atom stereocenters. The molecule has 1 aliphatic heterocycles. The Balaban J connectivity index is 1.68. The van der Waals surface area contributed by atoms with E-state index in [4.69, 9.17) is 0 Å². The molecule has 0 bridgehead atoms. The molecule has 2 nitrogen and oxygen atoms in total. The lowest BCUT2D eigenvalue weighted by molar-refractivity contribution is 0.257. The summed E-state index contributed by atoms with van der Waals surface area (Å²) >= 11 is 0. The highest BCUT2D eigenvalue weighted by atomic mass is 19.1. The highest BCUT2D eigenvalue weighted by molar-refractivity contribution is 5.51. The van der Waals surface area contributed by atoms with Crippen molar-refractivity contribution in [2.45, 2.75) is 51.2 Å². The number of nitrogens with one attached hydrogen (secondary N) is 1. The zero-order chi connectivity index (χ0) is 12.7. The zero-order valence-electron chi connectivity index (χ0n) is 11.1. The van der Waals surface area contributed by atoms with Gasteiger partial charge in [-0.1, -0.05) is 6.07 Å². The number of anilines is 1. The van der Waals surface area contributed by atoms with Crippen molar-refractivity contribution in [2.24, 2.45) is 0 Å². The van der Waals surface area contributed by atoms with E-state index in [0.29, 0.717) is 12.1 Å². The number of likely N-dealkylation sites (tertiary alicyclic amines) is 1. The van der Waals surface area contributed by atoms with E-state index in [1.165, 1.54) is 18.9 Å². The Morgan fingerprint density at radius 3 is 2.83 bits per heavy atom. The van der Waals surface area contributed by atoms with Crippen molar-refractivity contribution in [1.82, 2.24) is 4.90 Å². The van der Waals surface area contributed by atoms with Gasteiger partial charge in [0.25, 0.3) is 0 Å². The van der Waals surface area contributed by atoms with E-state index in [0.717, 1.165) is 30.3 Å². The summed E-state index contributed by atoms with van der Waals surface area (Å²) in [6.07, 6.45) is 3.87. The predicted octanol–water partition coefficient (Wildman–Crippen LogP) is 3.17. The monoisotopic (exact) mass is 248 g/mol. The Hall–Kier alpha value is -1.09. The summed E-state index contributed by atoms with van der Waals surface area (Å²) in [6.45, 7) is 5.24. The van der Waals surface area contributed by atoms with Crippen LogP contribution in [0.4, 0.5) is 10.1 Å². The van der Waals surface area contributed by atoms with Crippen molar-refractivity contribution in [3.8, 4) is 0 Å². The molecule has 3 rings (SSSR count). The van der Waals surface area contributed by atoms with Gasteiger partial charge in [0.05, 0.1) is 0 Å². The molecule has 1 saturated heterocycles. The molecule has 1 aromatic rings. The standard InChI is InChI=1S/C15H21FN2/c1-10-8-12(9-18(10)13-6-7-13)17-15-5-3-4-14(16)11(15)2/h3-5,10,12-13,17H,6-9H2,1-2H3. The highest BCUT2D eigenvalue weighted by Gasteiger charge is 2.38. The second-order valence-electron chi connectivity index (χ2n) is 5.77. The summed E-state index contributed by atoms with van der Waals surface area (Å²) in [6, 6.07) is 7.21. The van der Waals surface area contributed by atoms with E-state index in [1.807, 2.05) is 13.0 Å². The van der Waals surface area contributed by atoms with Crippen LogP contribution in [0.2, 0.25) is 0 Å². The Morgan fingerprint density at radius 1 is 1.33 bits per heavy atom. The second kappa shape index (κ2) is 4.54. The molecule has 18 heavy (non-hydrogen) atoms. The number of nitrogens with zero attached hydrogens (tertiary/aromatic N) is 1. The Kier molecular flexibility index (Phi) is 3.02. The van der Waals surface area contributed by atoms with Gasteiger partial charge in [-0.25, -0.2) is 4.39 Å². The van der Waals surface area contributed by atoms with E-state index < -0.39 is 0 Å². The molecule has 0 amide bonds. The molecule has 98 valence electrons. The number of rotatable bonds is 3. The van der Waals surface area contributed by atoms with Crippen LogP contribution in [0.1, 0.15) is 31.7 Å². The fourth-order valence-corrected chi connectivity index (χ4v) is 3.06. The molecule has 1 saturated carbocycles. The van der Waals surface area contributed by atoms with Crippen LogP contribution in [-0.2, 0) is 0 Å². The molecule has 3 heteroatoms. The van der Waals surface area contributed by atoms with Gasteiger partial charge in [-0.2, -0.15) is 0 Å². The first-order valence-electron chi connectivity index (χ1n) is 6.92. The van der Waals surface area contributed by atoms with Gasteiger partial charge in [0, 0.05) is 35.9 Å². The SMILES string of the molecule is Cc1c(F)cccc1NC1CC(C)N(C2CC2)C1. The first kappa shape index (κ1) is 12.0. The van der Waals surface area contributed by atoms with Crippen LogP contribution in [0.3, 0.4) is 0 Å². The Morgan fingerprint density at radius 2 is 2.11 bits per heavy atom. The predicted molar refractivity (Wildman–Crippen MR) is 72.4 cm³/mol. The second-order valence-corrected chi connectivity index (χ2v) is 5.77. The van der Waals surface area contributed by atoms with Crippen LogP contribution >= 0.6 is 0 Å². The summed E-state index contributed by atoms with van der Waals surface area (Å²) < 4.78 is 13.5. The summed E-state index contributed by atoms with van der Waals surface area (Å²) in [4.78, 5) is 2.60. The van der Waals surface area contributed by atoms with E-state index in [9.17, 15) is 4.39 Å². The Bertz CT molecular complexity index is 442. The smallest absolute Gasteiger partial charge is 0.128 e. The summed E-state index contributed by atoms with van der Waals surface area (Å²) in [5.41, 5.74) is 1.68. The molecule has 1 aliphatic carbocycles. The average Bonchev–Trinajstić information content (AvgIpc) is 3.10. The molecule has 2 unspecified atom stereocenters. The lowest BCUT2D eigenvalue weighted by atomic mass is 10.1. The number of benzene rings is 1. The molecule has 2 aliphatic rings. The van der Waals surface area contributed by atoms with Gasteiger partial charge in [0.1, 0.15) is 5.82 Å². The van der Waals surface area contributed by atoms with Crippen LogP contribution in [0.15, 0.2) is 18.2 Å². The van der Waals surface area contributed by atoms with Crippen molar-refractivity contribution in [2.75, 3.05) is 11.9 Å². The first-order chi connectivity index (χ1) is 8.65. The normalized spacial score (nSPS) is 28.6. The highest BCUT2D eigenvalue weighted by Crippen LogP contribution is 2.34. The number of hydrogen-bond acceptors (Lipinski definition) is 2. The van der Waals surface area contributed by atoms with Gasteiger partial charge in [0.15, 0.2) is 0 Å². The van der Waals surface area contributed by atoms with Crippen LogP contribution < -0.4 is 5.32 Å². The fourth-order valence-electron chi connectivity index (χ4n) is 3.06. The third kappa shape index (κ3) is 2.24. The Labute approximate surface area is 108 Å². The van der Waals surface area contributed by atoms with Crippen molar-refractivity contribution >= 4 is 5.69 Å². The largest absolute Gasteiger partial charge is 0.381 e. The van der Waals surface area contributed by atoms with E-state index >= 15 is 0 Å². The van der Waals surface area contributed by atoms with Crippen molar-refractivity contribution in [1.29, 1.82) is 0 Å². The molecule has 2 fully saturated rings. The van der Waals surface area contributed by atoms with E-state index in [1.54, 1.807) is 6.07 Å². The van der Waals surface area contributed by atoms with Gasteiger partial charge >= 0.3 is 0 Å². The summed E-state index contributed by atoms with van der Waals surface area (Å²) in [5, 5.41) is 3.51.